The molecule has 0 radical (unpaired) electrons. The Morgan fingerprint density at radius 1 is 1.26 bits per heavy atom. The average Bonchev–Trinajstić information content (AvgIpc) is 2.92. The number of halogens is 1. The molecule has 0 saturated carbocycles. The molecule has 0 amide bonds. The van der Waals surface area contributed by atoms with Crippen molar-refractivity contribution in [3.63, 3.8) is 0 Å². The van der Waals surface area contributed by atoms with Crippen LogP contribution < -0.4 is 5.32 Å². The van der Waals surface area contributed by atoms with Gasteiger partial charge in [0.2, 0.25) is 5.95 Å². The Morgan fingerprint density at radius 3 is 2.74 bits per heavy atom. The maximum Gasteiger partial charge on any atom is 0.226 e. The van der Waals surface area contributed by atoms with Crippen molar-refractivity contribution < 1.29 is 4.79 Å². The second-order valence-corrected chi connectivity index (χ2v) is 7.38. The minimum Gasteiger partial charge on any atom is -0.328 e. The lowest BCUT2D eigenvalue weighted by Gasteiger charge is -2.38. The first kappa shape index (κ1) is 14.5. The van der Waals surface area contributed by atoms with Crippen LogP contribution >= 0.6 is 11.6 Å². The summed E-state index contributed by atoms with van der Waals surface area (Å²) in [5, 5.41) is 8.29. The van der Waals surface area contributed by atoms with E-state index in [1.165, 1.54) is 6.33 Å². The Hall–Kier alpha value is -2.14. The van der Waals surface area contributed by atoms with Crippen molar-refractivity contribution in [2.45, 2.75) is 32.7 Å². The lowest BCUT2D eigenvalue weighted by Crippen LogP contribution is -2.36. The van der Waals surface area contributed by atoms with Gasteiger partial charge < -0.3 is 5.32 Å². The van der Waals surface area contributed by atoms with Crippen molar-refractivity contribution in [1.29, 1.82) is 0 Å². The number of nitrogens with one attached hydrogen (secondary N) is 1. The molecule has 1 aliphatic heterocycles. The second kappa shape index (κ2) is 4.93. The lowest BCUT2D eigenvalue weighted by molar-refractivity contribution is -0.118. The van der Waals surface area contributed by atoms with Crippen molar-refractivity contribution in [2.75, 3.05) is 5.32 Å². The van der Waals surface area contributed by atoms with E-state index >= 15 is 0 Å². The molecule has 1 N–H and O–H groups in total. The number of nitrogens with zero attached hydrogens (tertiary/aromatic N) is 3. The molecule has 2 heterocycles. The molecule has 2 aliphatic rings. The van der Waals surface area contributed by atoms with Crippen LogP contribution in [0, 0.1) is 5.41 Å². The molecular formula is C17H17ClN4O. The molecule has 0 unspecified atom stereocenters. The molecular weight excluding hydrogens is 312 g/mol. The third kappa shape index (κ3) is 2.36. The van der Waals surface area contributed by atoms with Crippen LogP contribution in [0.25, 0.3) is 0 Å². The maximum absolute atomic E-state index is 12.8. The number of carbonyl (C=O) groups excluding carboxylic acids is 1. The van der Waals surface area contributed by atoms with Gasteiger partial charge in [0.05, 0.1) is 0 Å². The highest BCUT2D eigenvalue weighted by Gasteiger charge is 2.41. The molecule has 2 aromatic rings. The number of Topliss-reactive ketones (excluding diaryl/α,β-unsaturated/α-hetero) is 1. The number of hydrogen-bond donors (Lipinski definition) is 1. The summed E-state index contributed by atoms with van der Waals surface area (Å²) in [7, 11) is 0. The third-order valence-electron chi connectivity index (χ3n) is 4.46. The van der Waals surface area contributed by atoms with Crippen LogP contribution in [0.5, 0.6) is 0 Å². The SMILES string of the molecule is CC1(C)CC(=O)C2=C(C1)Nc1ncnn1[C@@H]2c1ccc(Cl)cc1. The molecule has 1 atom stereocenters. The molecule has 5 nitrogen and oxygen atoms in total. The summed E-state index contributed by atoms with van der Waals surface area (Å²) < 4.78 is 1.78. The van der Waals surface area contributed by atoms with Crippen LogP contribution in [-0.2, 0) is 4.79 Å². The minimum absolute atomic E-state index is 0.0460. The molecule has 1 aromatic heterocycles. The monoisotopic (exact) mass is 328 g/mol. The minimum atomic E-state index is -0.246. The molecule has 1 aliphatic carbocycles. The van der Waals surface area contributed by atoms with Crippen LogP contribution in [0.2, 0.25) is 5.02 Å². The average molecular weight is 329 g/mol. The Kier molecular flexibility index (Phi) is 3.10. The van der Waals surface area contributed by atoms with E-state index < -0.39 is 0 Å². The summed E-state index contributed by atoms with van der Waals surface area (Å²) in [6.07, 6.45) is 2.88. The van der Waals surface area contributed by atoms with Gasteiger partial charge in [-0.15, -0.1) is 0 Å². The highest BCUT2D eigenvalue weighted by molar-refractivity contribution is 6.30. The Balaban J connectivity index is 1.89. The standard InChI is InChI=1S/C17H17ClN4O/c1-17(2)7-12-14(13(23)8-17)15(10-3-5-11(18)6-4-10)22-16(21-12)19-9-20-22/h3-6,9,15H,7-8H2,1-2H3,(H,19,20,21)/t15-/m1/s1. The normalized spacial score (nSPS) is 22.4. The number of rotatable bonds is 1. The first-order valence-corrected chi connectivity index (χ1v) is 8.01. The first-order valence-electron chi connectivity index (χ1n) is 7.63. The number of allylic oxidation sites excluding steroid dienone is 2. The van der Waals surface area contributed by atoms with Gasteiger partial charge in [0.15, 0.2) is 5.78 Å². The molecule has 1 aromatic carbocycles. The van der Waals surface area contributed by atoms with Gasteiger partial charge in [-0.25, -0.2) is 4.68 Å². The van der Waals surface area contributed by atoms with Crippen LogP contribution in [0.3, 0.4) is 0 Å². The quantitative estimate of drug-likeness (QED) is 0.869. The van der Waals surface area contributed by atoms with Gasteiger partial charge in [-0.2, -0.15) is 10.1 Å². The fraction of sp³-hybridized carbons (Fsp3) is 0.353. The predicted molar refractivity (Wildman–Crippen MR) is 88.3 cm³/mol. The Morgan fingerprint density at radius 2 is 2.00 bits per heavy atom. The van der Waals surface area contributed by atoms with E-state index in [0.29, 0.717) is 17.4 Å². The van der Waals surface area contributed by atoms with Crippen molar-refractivity contribution >= 4 is 23.3 Å². The number of fused-ring (bicyclic) bond motifs is 1. The lowest BCUT2D eigenvalue weighted by atomic mass is 9.73. The summed E-state index contributed by atoms with van der Waals surface area (Å²) >= 11 is 6.01. The number of ketones is 1. The largest absolute Gasteiger partial charge is 0.328 e. The topological polar surface area (TPSA) is 59.8 Å². The predicted octanol–water partition coefficient (Wildman–Crippen LogP) is 3.59. The van der Waals surface area contributed by atoms with E-state index in [9.17, 15) is 4.79 Å². The van der Waals surface area contributed by atoms with E-state index in [1.807, 2.05) is 24.3 Å². The molecule has 0 saturated heterocycles. The summed E-state index contributed by atoms with van der Waals surface area (Å²) in [6.45, 7) is 4.24. The number of benzene rings is 1. The van der Waals surface area contributed by atoms with Crippen molar-refractivity contribution in [1.82, 2.24) is 14.8 Å². The highest BCUT2D eigenvalue weighted by Crippen LogP contribution is 2.45. The van der Waals surface area contributed by atoms with Crippen LogP contribution in [0.15, 0.2) is 41.9 Å². The summed E-state index contributed by atoms with van der Waals surface area (Å²) in [6, 6.07) is 7.33. The van der Waals surface area contributed by atoms with E-state index in [-0.39, 0.29) is 17.2 Å². The molecule has 23 heavy (non-hydrogen) atoms. The van der Waals surface area contributed by atoms with E-state index in [0.717, 1.165) is 23.3 Å². The van der Waals surface area contributed by atoms with Gasteiger partial charge >= 0.3 is 0 Å². The van der Waals surface area contributed by atoms with Crippen molar-refractivity contribution in [3.05, 3.63) is 52.4 Å². The fourth-order valence-corrected chi connectivity index (χ4v) is 3.63. The zero-order valence-corrected chi connectivity index (χ0v) is 13.8. The van der Waals surface area contributed by atoms with Gasteiger partial charge in [0.25, 0.3) is 0 Å². The molecule has 0 bridgehead atoms. The first-order chi connectivity index (χ1) is 10.9. The zero-order chi connectivity index (χ0) is 16.2. The fourth-order valence-electron chi connectivity index (χ4n) is 3.50. The van der Waals surface area contributed by atoms with Gasteiger partial charge in [0, 0.05) is 22.7 Å². The van der Waals surface area contributed by atoms with E-state index in [1.54, 1.807) is 4.68 Å². The van der Waals surface area contributed by atoms with Gasteiger partial charge in [0.1, 0.15) is 12.4 Å². The van der Waals surface area contributed by atoms with Crippen LogP contribution in [-0.4, -0.2) is 20.5 Å². The van der Waals surface area contributed by atoms with Gasteiger partial charge in [-0.05, 0) is 29.5 Å². The third-order valence-corrected chi connectivity index (χ3v) is 4.71. The summed E-state index contributed by atoms with van der Waals surface area (Å²) in [5.74, 6) is 0.846. The number of carbonyl (C=O) groups is 1. The second-order valence-electron chi connectivity index (χ2n) is 6.94. The van der Waals surface area contributed by atoms with Crippen molar-refractivity contribution in [3.8, 4) is 0 Å². The Labute approximate surface area is 139 Å². The van der Waals surface area contributed by atoms with E-state index in [2.05, 4.69) is 29.2 Å². The number of anilines is 1. The molecule has 118 valence electrons. The summed E-state index contributed by atoms with van der Waals surface area (Å²) in [4.78, 5) is 17.1. The highest BCUT2D eigenvalue weighted by atomic mass is 35.5. The molecule has 0 fully saturated rings. The van der Waals surface area contributed by atoms with Crippen molar-refractivity contribution in [2.24, 2.45) is 5.41 Å². The summed E-state index contributed by atoms with van der Waals surface area (Å²) in [5.41, 5.74) is 2.70. The van der Waals surface area contributed by atoms with Gasteiger partial charge in [-0.3, -0.25) is 4.79 Å². The van der Waals surface area contributed by atoms with Crippen LogP contribution in [0.4, 0.5) is 5.95 Å². The zero-order valence-electron chi connectivity index (χ0n) is 13.0. The number of hydrogen-bond acceptors (Lipinski definition) is 4. The Bertz CT molecular complexity index is 819. The smallest absolute Gasteiger partial charge is 0.226 e. The van der Waals surface area contributed by atoms with Crippen LogP contribution in [0.1, 0.15) is 38.3 Å². The molecule has 6 heteroatoms. The molecule has 0 spiro atoms. The molecule has 4 rings (SSSR count). The number of aromatic nitrogens is 3. The van der Waals surface area contributed by atoms with E-state index in [4.69, 9.17) is 11.6 Å². The maximum atomic E-state index is 12.8. The van der Waals surface area contributed by atoms with Gasteiger partial charge in [-0.1, -0.05) is 37.6 Å².